The molecule has 0 radical (unpaired) electrons. The van der Waals surface area contributed by atoms with Gasteiger partial charge in [0.25, 0.3) is 0 Å². The molecule has 0 saturated heterocycles. The van der Waals surface area contributed by atoms with Gasteiger partial charge in [0.2, 0.25) is 11.8 Å². The third kappa shape index (κ3) is 21.1. The van der Waals surface area contributed by atoms with E-state index in [2.05, 4.69) is 61.2 Å². The highest BCUT2D eigenvalue weighted by Gasteiger charge is 2.37. The third-order valence-corrected chi connectivity index (χ3v) is 17.8. The maximum absolute atomic E-state index is 13.9. The van der Waals surface area contributed by atoms with Crippen LogP contribution in [-0.4, -0.2) is 121 Å². The largest absolute Gasteiger partial charge is 0.461 e. The second-order valence-electron chi connectivity index (χ2n) is 25.3. The predicted octanol–water partition coefficient (Wildman–Crippen LogP) is 10.4. The summed E-state index contributed by atoms with van der Waals surface area (Å²) in [7, 11) is 0. The molecule has 0 saturated carbocycles. The molecule has 0 fully saturated rings. The normalized spacial score (nSPS) is 14.6. The van der Waals surface area contributed by atoms with Crippen LogP contribution in [-0.2, 0) is 91.4 Å². The SMILES string of the molecule is CCCCn1nc2c(N)nc3ccccc3c2c1Cc1ccc(CCC(=O)OCc2ccc(CC(=O)[C@H](CCCNC(N)=O)NC(=O)[C@@H](CC(=O)CCOCCOCCOCCOCCCC(=O)CCC(=O)N3Cc4ccccc4C4NN=NC4c4ccccc43)C(C)C)cc2)cc1. The number of nitrogens with one attached hydrogen (secondary N) is 3. The minimum atomic E-state index is -0.897. The van der Waals surface area contributed by atoms with Crippen molar-refractivity contribution in [3.05, 3.63) is 166 Å². The number of esters is 1. The van der Waals surface area contributed by atoms with Crippen LogP contribution in [0.2, 0.25) is 0 Å². The fourth-order valence-corrected chi connectivity index (χ4v) is 12.3. The number of nitrogens with two attached hydrogens (primary N) is 2. The van der Waals surface area contributed by atoms with E-state index in [1.165, 1.54) is 0 Å². The number of ketones is 3. The van der Waals surface area contributed by atoms with Crippen molar-refractivity contribution in [2.75, 3.05) is 70.0 Å². The zero-order valence-corrected chi connectivity index (χ0v) is 56.6. The summed E-state index contributed by atoms with van der Waals surface area (Å²) in [4.78, 5) is 98.2. The van der Waals surface area contributed by atoms with Crippen molar-refractivity contribution < 1.29 is 57.2 Å². The Morgan fingerprint density at radius 1 is 0.684 bits per heavy atom. The van der Waals surface area contributed by atoms with E-state index in [-0.39, 0.29) is 119 Å². The molecule has 2 aliphatic rings. The van der Waals surface area contributed by atoms with E-state index >= 15 is 0 Å². The zero-order valence-electron chi connectivity index (χ0n) is 56.6. The molecule has 4 atom stereocenters. The summed E-state index contributed by atoms with van der Waals surface area (Å²) in [6.07, 6.45) is 5.12. The lowest BCUT2D eigenvalue weighted by Gasteiger charge is -2.32. The number of amides is 4. The van der Waals surface area contributed by atoms with Gasteiger partial charge in [-0.25, -0.2) is 9.78 Å². The van der Waals surface area contributed by atoms with Crippen molar-refractivity contribution in [1.82, 2.24) is 30.8 Å². The average Bonchev–Trinajstić information content (AvgIpc) is 1.55. The van der Waals surface area contributed by atoms with Crippen LogP contribution >= 0.6 is 0 Å². The highest BCUT2D eigenvalue weighted by molar-refractivity contribution is 6.09. The first-order valence-corrected chi connectivity index (χ1v) is 34.3. The van der Waals surface area contributed by atoms with Crippen LogP contribution in [0.1, 0.15) is 148 Å². The number of rotatable bonds is 41. The van der Waals surface area contributed by atoms with Gasteiger partial charge in [0, 0.05) is 99.0 Å². The molecular weight excluding hydrogens is 1250 g/mol. The Bertz CT molecular complexity index is 3860. The maximum atomic E-state index is 13.9. The smallest absolute Gasteiger partial charge is 0.312 e. The molecule has 2 aromatic heterocycles. The number of hydrogen-bond acceptors (Lipinski definition) is 18. The van der Waals surface area contributed by atoms with E-state index < -0.39 is 23.9 Å². The van der Waals surface area contributed by atoms with Crippen LogP contribution < -0.4 is 32.4 Å². The predicted molar refractivity (Wildman–Crippen MR) is 372 cm³/mol. The summed E-state index contributed by atoms with van der Waals surface area (Å²) >= 11 is 0. The number of pyridine rings is 1. The van der Waals surface area contributed by atoms with Crippen LogP contribution in [0.3, 0.4) is 0 Å². The molecule has 23 heteroatoms. The second kappa shape index (κ2) is 37.4. The molecule has 4 amide bonds. The number of para-hydroxylation sites is 2. The van der Waals surface area contributed by atoms with Crippen molar-refractivity contribution in [1.29, 1.82) is 0 Å². The summed E-state index contributed by atoms with van der Waals surface area (Å²) in [5, 5.41) is 21.0. The van der Waals surface area contributed by atoms with Crippen LogP contribution in [0.5, 0.6) is 0 Å². The van der Waals surface area contributed by atoms with Gasteiger partial charge in [-0.2, -0.15) is 10.2 Å². The molecule has 0 aliphatic carbocycles. The number of nitrogens with zero attached hydrogens (tertiary/aromatic N) is 6. The van der Waals surface area contributed by atoms with Gasteiger partial charge in [-0.15, -0.1) is 0 Å². The van der Waals surface area contributed by atoms with Gasteiger partial charge in [0.15, 0.2) is 11.6 Å². The first kappa shape index (κ1) is 73.0. The number of ether oxygens (including phenoxy) is 5. The maximum Gasteiger partial charge on any atom is 0.312 e. The molecule has 0 spiro atoms. The summed E-state index contributed by atoms with van der Waals surface area (Å²) in [5.74, 6) is -1.77. The first-order chi connectivity index (χ1) is 47.6. The Morgan fingerprint density at radius 2 is 1.35 bits per heavy atom. The second-order valence-corrected chi connectivity index (χ2v) is 25.3. The lowest BCUT2D eigenvalue weighted by molar-refractivity contribution is -0.145. The quantitative estimate of drug-likeness (QED) is 0.0176. The summed E-state index contributed by atoms with van der Waals surface area (Å²) in [5.41, 5.74) is 24.8. The van der Waals surface area contributed by atoms with Gasteiger partial charge in [-0.3, -0.25) is 38.9 Å². The summed E-state index contributed by atoms with van der Waals surface area (Å²) < 4.78 is 30.3. The van der Waals surface area contributed by atoms with Gasteiger partial charge >= 0.3 is 12.0 Å². The molecule has 2 unspecified atom stereocenters. The molecule has 4 heterocycles. The van der Waals surface area contributed by atoms with E-state index in [1.807, 2.05) is 92.7 Å². The Morgan fingerprint density at radius 3 is 2.08 bits per heavy atom. The number of benzene rings is 5. The number of aryl methyl sites for hydroxylation is 2. The number of nitrogen functional groups attached to an aromatic ring is 1. The van der Waals surface area contributed by atoms with Crippen molar-refractivity contribution in [2.24, 2.45) is 27.9 Å². The Labute approximate surface area is 572 Å². The number of Topliss-reactive ketones (excluding diaryl/α,β-unsaturated/α-hetero) is 3. The van der Waals surface area contributed by atoms with E-state index in [9.17, 15) is 33.6 Å². The monoisotopic (exact) mass is 1340 g/mol. The molecule has 9 rings (SSSR count). The number of carbonyl (C=O) groups is 7. The number of aromatic nitrogens is 3. The molecule has 7 aromatic rings. The topological polar surface area (TPSA) is 312 Å². The number of anilines is 2. The van der Waals surface area contributed by atoms with Crippen molar-refractivity contribution in [3.63, 3.8) is 0 Å². The Hall–Kier alpha value is -9.29. The minimum Gasteiger partial charge on any atom is -0.461 e. The number of urea groups is 1. The first-order valence-electron chi connectivity index (χ1n) is 34.3. The number of unbranched alkanes of at least 4 members (excludes halogenated alkanes) is 1. The molecule has 23 nitrogen and oxygen atoms in total. The fraction of sp³-hybridized carbons (Fsp3) is 0.453. The summed E-state index contributed by atoms with van der Waals surface area (Å²) in [6, 6.07) is 37.2. The van der Waals surface area contributed by atoms with Crippen molar-refractivity contribution >= 4 is 74.5 Å². The minimum absolute atomic E-state index is 0.00270. The summed E-state index contributed by atoms with van der Waals surface area (Å²) in [6.45, 7) is 9.75. The molecule has 7 N–H and O–H groups in total. The van der Waals surface area contributed by atoms with Crippen LogP contribution in [0.15, 0.2) is 132 Å². The highest BCUT2D eigenvalue weighted by atomic mass is 16.6. The standard InChI is InChI=1S/C75H93N11O12/c1-4-5-36-86-65(69-59-17-8-10-19-62(59)79-73(76)72(69)83-86)45-52-24-22-51(23-25-52)30-33-68(91)98-49-54-28-26-53(27-29-54)46-66(89)63(20-12-35-78-75(77)93)80-74(92)61(50(2)3)47-57(88)34-38-95-40-42-97-44-43-96-41-39-94-37-13-15-56(87)31-32-67(90)85-48-55-14-6-7-16-58(55)70-71(82-84-81-70)60-18-9-11-21-64(60)85/h6-11,14,16-19,21-29,50,61,63,70-71H,4-5,12-13,15,20,30-49H2,1-3H3,(H2,76,79)(H,80,92)(H,81,82)(H3,77,78,93)/t61-,63-,70?,71?/m0/s1. The van der Waals surface area contributed by atoms with Gasteiger partial charge in [0.1, 0.15) is 29.7 Å². The highest BCUT2D eigenvalue weighted by Crippen LogP contribution is 2.44. The van der Waals surface area contributed by atoms with Crippen LogP contribution in [0.25, 0.3) is 21.8 Å². The zero-order chi connectivity index (χ0) is 69.2. The molecule has 5 aromatic carbocycles. The van der Waals surface area contributed by atoms with E-state index in [0.29, 0.717) is 89.7 Å². The fourth-order valence-electron chi connectivity index (χ4n) is 12.3. The van der Waals surface area contributed by atoms with Gasteiger partial charge in [-0.05, 0) is 83.5 Å². The molecule has 0 bridgehead atoms. The lowest BCUT2D eigenvalue weighted by Crippen LogP contribution is -2.46. The molecule has 98 heavy (non-hydrogen) atoms. The third-order valence-electron chi connectivity index (χ3n) is 17.8. The number of fused-ring (bicyclic) bond motifs is 8. The van der Waals surface area contributed by atoms with E-state index in [1.54, 1.807) is 29.2 Å². The van der Waals surface area contributed by atoms with E-state index in [0.717, 1.165) is 86.0 Å². The number of hydrogen-bond donors (Lipinski definition) is 5. The molecule has 2 aliphatic heterocycles. The Balaban J connectivity index is 0.615. The molecule has 520 valence electrons. The van der Waals surface area contributed by atoms with Gasteiger partial charge in [0.05, 0.1) is 76.1 Å². The Kier molecular flexibility index (Phi) is 27.9. The number of carbonyl (C=O) groups excluding carboxylic acids is 7. The van der Waals surface area contributed by atoms with Gasteiger partial charge in [-0.1, -0.05) is 142 Å². The number of primary amides is 1. The average molecular weight is 1340 g/mol. The molecular formula is C75H93N11O12. The van der Waals surface area contributed by atoms with Gasteiger partial charge < -0.3 is 50.7 Å². The van der Waals surface area contributed by atoms with Crippen LogP contribution in [0, 0.1) is 11.8 Å². The van der Waals surface area contributed by atoms with Crippen molar-refractivity contribution in [3.8, 4) is 0 Å². The lowest BCUT2D eigenvalue weighted by atomic mass is 9.88. The van der Waals surface area contributed by atoms with Crippen LogP contribution in [0.4, 0.5) is 16.3 Å². The van der Waals surface area contributed by atoms with E-state index in [4.69, 9.17) is 40.3 Å². The van der Waals surface area contributed by atoms with Crippen molar-refractivity contribution in [2.45, 2.75) is 148 Å².